The van der Waals surface area contributed by atoms with Gasteiger partial charge in [0.25, 0.3) is 0 Å². The maximum atomic E-state index is 2.42. The molecule has 2 nitrogen and oxygen atoms in total. The number of fused-ring (bicyclic) bond motifs is 6. The summed E-state index contributed by atoms with van der Waals surface area (Å²) in [6.45, 7) is 0. The van der Waals surface area contributed by atoms with E-state index in [4.69, 9.17) is 0 Å². The standard InChI is InChI=1S/C60H40N2/c1-5-16-41(17-6-1)43-20-15-21-44(34-43)48-35-49(46-28-31-54-53-26-13-14-27-57(53)61(59(54)39-46)51-22-9-3-10-23-51)37-50(36-48)47-29-32-55-56-38-45(42-18-7-2-8-19-42)30-33-58(56)62(60(55)40-47)52-24-11-4-12-25-52/h1-40H. The van der Waals surface area contributed by atoms with Crippen molar-refractivity contribution >= 4 is 43.6 Å². The summed E-state index contributed by atoms with van der Waals surface area (Å²) in [5.41, 5.74) is 19.0. The van der Waals surface area contributed by atoms with Crippen LogP contribution in [0.4, 0.5) is 0 Å². The number of rotatable bonds is 7. The van der Waals surface area contributed by atoms with Crippen molar-refractivity contribution in [1.82, 2.24) is 9.13 Å². The Morgan fingerprint density at radius 3 is 1.08 bits per heavy atom. The normalized spacial score (nSPS) is 11.5. The first kappa shape index (κ1) is 35.7. The first-order valence-electron chi connectivity index (χ1n) is 21.3. The lowest BCUT2D eigenvalue weighted by atomic mass is 9.91. The van der Waals surface area contributed by atoms with Gasteiger partial charge in [0.2, 0.25) is 0 Å². The van der Waals surface area contributed by atoms with Crippen LogP contribution in [0.15, 0.2) is 243 Å². The lowest BCUT2D eigenvalue weighted by Gasteiger charge is -2.14. The van der Waals surface area contributed by atoms with Gasteiger partial charge in [0, 0.05) is 32.9 Å². The summed E-state index contributed by atoms with van der Waals surface area (Å²) < 4.78 is 4.83. The summed E-state index contributed by atoms with van der Waals surface area (Å²) in [4.78, 5) is 0. The maximum Gasteiger partial charge on any atom is 0.0547 e. The second-order valence-corrected chi connectivity index (χ2v) is 16.2. The Kier molecular flexibility index (Phi) is 8.53. The van der Waals surface area contributed by atoms with Crippen molar-refractivity contribution < 1.29 is 0 Å². The van der Waals surface area contributed by atoms with E-state index in [2.05, 4.69) is 252 Å². The van der Waals surface area contributed by atoms with Crippen LogP contribution in [0, 0.1) is 0 Å². The third kappa shape index (κ3) is 6.12. The summed E-state index contributed by atoms with van der Waals surface area (Å²) in [6.07, 6.45) is 0. The van der Waals surface area contributed by atoms with Crippen LogP contribution in [0.1, 0.15) is 0 Å². The van der Waals surface area contributed by atoms with Crippen LogP contribution < -0.4 is 0 Å². The van der Waals surface area contributed by atoms with Gasteiger partial charge in [-0.1, -0.05) is 164 Å². The molecule has 0 atom stereocenters. The quantitative estimate of drug-likeness (QED) is 0.152. The summed E-state index contributed by atoms with van der Waals surface area (Å²) in [5.74, 6) is 0. The van der Waals surface area contributed by atoms with Gasteiger partial charge in [0.15, 0.2) is 0 Å². The fourth-order valence-corrected chi connectivity index (χ4v) is 9.51. The Hall–Kier alpha value is -8.20. The van der Waals surface area contributed by atoms with Gasteiger partial charge >= 0.3 is 0 Å². The first-order valence-corrected chi connectivity index (χ1v) is 21.3. The largest absolute Gasteiger partial charge is 0.309 e. The topological polar surface area (TPSA) is 9.86 Å². The average Bonchev–Trinajstić information content (AvgIpc) is 3.86. The molecule has 0 spiro atoms. The molecule has 0 bridgehead atoms. The van der Waals surface area contributed by atoms with E-state index in [1.54, 1.807) is 0 Å². The SMILES string of the molecule is c1ccc(-c2cccc(-c3cc(-c4ccc5c6ccccc6n(-c6ccccc6)c5c4)cc(-c4ccc5c6cc(-c7ccccc7)ccc6n(-c6ccccc6)c5c4)c3)c2)cc1. The summed E-state index contributed by atoms with van der Waals surface area (Å²) in [7, 11) is 0. The molecule has 0 aliphatic rings. The predicted octanol–water partition coefficient (Wildman–Crippen LogP) is 16.2. The van der Waals surface area contributed by atoms with Gasteiger partial charge < -0.3 is 9.13 Å². The van der Waals surface area contributed by atoms with Crippen molar-refractivity contribution in [3.8, 4) is 67.0 Å². The van der Waals surface area contributed by atoms with Crippen molar-refractivity contribution in [2.24, 2.45) is 0 Å². The molecule has 0 fully saturated rings. The Morgan fingerprint density at radius 2 is 0.532 bits per heavy atom. The smallest absolute Gasteiger partial charge is 0.0547 e. The van der Waals surface area contributed by atoms with Crippen LogP contribution in [-0.4, -0.2) is 9.13 Å². The Morgan fingerprint density at radius 1 is 0.177 bits per heavy atom. The molecule has 2 heterocycles. The molecule has 10 aromatic carbocycles. The number of nitrogens with zero attached hydrogens (tertiary/aromatic N) is 2. The van der Waals surface area contributed by atoms with Crippen molar-refractivity contribution in [1.29, 1.82) is 0 Å². The van der Waals surface area contributed by atoms with Crippen LogP contribution in [0.3, 0.4) is 0 Å². The van der Waals surface area contributed by atoms with Crippen LogP contribution >= 0.6 is 0 Å². The van der Waals surface area contributed by atoms with E-state index in [1.807, 2.05) is 0 Å². The van der Waals surface area contributed by atoms with Crippen molar-refractivity contribution in [3.05, 3.63) is 243 Å². The fraction of sp³-hybridized carbons (Fsp3) is 0. The van der Waals surface area contributed by atoms with Crippen LogP contribution in [0.25, 0.3) is 111 Å². The zero-order valence-corrected chi connectivity index (χ0v) is 34.0. The number of benzene rings is 10. The number of aromatic nitrogens is 2. The van der Waals surface area contributed by atoms with E-state index in [9.17, 15) is 0 Å². The molecule has 0 saturated heterocycles. The van der Waals surface area contributed by atoms with Gasteiger partial charge in [0.05, 0.1) is 22.1 Å². The molecule has 0 aliphatic heterocycles. The highest BCUT2D eigenvalue weighted by Crippen LogP contribution is 2.41. The van der Waals surface area contributed by atoms with E-state index in [0.717, 1.165) is 11.4 Å². The lowest BCUT2D eigenvalue weighted by molar-refractivity contribution is 1.18. The molecule has 0 N–H and O–H groups in total. The highest BCUT2D eigenvalue weighted by molar-refractivity contribution is 6.12. The van der Waals surface area contributed by atoms with Crippen LogP contribution in [0.2, 0.25) is 0 Å². The second-order valence-electron chi connectivity index (χ2n) is 16.2. The molecule has 0 saturated carbocycles. The van der Waals surface area contributed by atoms with Crippen LogP contribution in [-0.2, 0) is 0 Å². The molecule has 12 rings (SSSR count). The van der Waals surface area contributed by atoms with Gasteiger partial charge in [-0.05, 0) is 134 Å². The third-order valence-electron chi connectivity index (χ3n) is 12.5. The molecule has 62 heavy (non-hydrogen) atoms. The third-order valence-corrected chi connectivity index (χ3v) is 12.5. The molecule has 290 valence electrons. The van der Waals surface area contributed by atoms with Gasteiger partial charge in [0.1, 0.15) is 0 Å². The zero-order valence-electron chi connectivity index (χ0n) is 34.0. The Labute approximate surface area is 360 Å². The molecule has 0 aliphatic carbocycles. The minimum absolute atomic E-state index is 1.14. The van der Waals surface area contributed by atoms with E-state index < -0.39 is 0 Å². The Balaban J connectivity index is 1.08. The highest BCUT2D eigenvalue weighted by atomic mass is 15.0. The molecule has 0 amide bonds. The monoisotopic (exact) mass is 788 g/mol. The minimum atomic E-state index is 1.14. The van der Waals surface area contributed by atoms with E-state index in [0.29, 0.717) is 0 Å². The molecular weight excluding hydrogens is 749 g/mol. The van der Waals surface area contributed by atoms with Crippen molar-refractivity contribution in [2.75, 3.05) is 0 Å². The summed E-state index contributed by atoms with van der Waals surface area (Å²) >= 11 is 0. The average molecular weight is 789 g/mol. The van der Waals surface area contributed by atoms with E-state index in [-0.39, 0.29) is 0 Å². The molecule has 0 radical (unpaired) electrons. The van der Waals surface area contributed by atoms with Crippen molar-refractivity contribution in [2.45, 2.75) is 0 Å². The number of para-hydroxylation sites is 3. The van der Waals surface area contributed by atoms with E-state index >= 15 is 0 Å². The van der Waals surface area contributed by atoms with Crippen LogP contribution in [0.5, 0.6) is 0 Å². The second kappa shape index (κ2) is 14.8. The number of hydrogen-bond donors (Lipinski definition) is 0. The Bertz CT molecular complexity index is 3600. The molecule has 2 heteroatoms. The summed E-state index contributed by atoms with van der Waals surface area (Å²) in [6, 6.07) is 88.6. The minimum Gasteiger partial charge on any atom is -0.309 e. The zero-order chi connectivity index (χ0) is 41.0. The molecular formula is C60H40N2. The van der Waals surface area contributed by atoms with Gasteiger partial charge in [-0.25, -0.2) is 0 Å². The summed E-state index contributed by atoms with van der Waals surface area (Å²) in [5, 5.41) is 4.97. The molecule has 12 aromatic rings. The van der Waals surface area contributed by atoms with Gasteiger partial charge in [-0.2, -0.15) is 0 Å². The highest BCUT2D eigenvalue weighted by Gasteiger charge is 2.18. The lowest BCUT2D eigenvalue weighted by Crippen LogP contribution is -1.94. The van der Waals surface area contributed by atoms with Gasteiger partial charge in [-0.15, -0.1) is 0 Å². The van der Waals surface area contributed by atoms with Crippen molar-refractivity contribution in [3.63, 3.8) is 0 Å². The van der Waals surface area contributed by atoms with Gasteiger partial charge in [-0.3, -0.25) is 0 Å². The maximum absolute atomic E-state index is 2.42. The fourth-order valence-electron chi connectivity index (χ4n) is 9.51. The predicted molar refractivity (Wildman–Crippen MR) is 262 cm³/mol. The molecule has 0 unspecified atom stereocenters. The van der Waals surface area contributed by atoms with E-state index in [1.165, 1.54) is 99.2 Å². The first-order chi connectivity index (χ1) is 30.7. The number of hydrogen-bond acceptors (Lipinski definition) is 0. The molecule has 2 aromatic heterocycles.